The van der Waals surface area contributed by atoms with Gasteiger partial charge in [-0.15, -0.1) is 0 Å². The van der Waals surface area contributed by atoms with Crippen molar-refractivity contribution in [3.8, 4) is 5.69 Å². The Hall–Kier alpha value is -3.85. The predicted molar refractivity (Wildman–Crippen MR) is 142 cm³/mol. The number of nitrogens with zero attached hydrogens (tertiary/aromatic N) is 1. The van der Waals surface area contributed by atoms with Crippen LogP contribution in [0.1, 0.15) is 0 Å². The average molecular weight is 548 g/mol. The number of hydrogen-bond acceptors (Lipinski definition) is 2. The Morgan fingerprint density at radius 1 is 0.545 bits per heavy atom. The molecule has 0 unspecified atom stereocenters. The molecular formula is C26H21IN4O2. The number of para-hydroxylation sites is 5. The van der Waals surface area contributed by atoms with Crippen LogP contribution in [0.5, 0.6) is 0 Å². The van der Waals surface area contributed by atoms with E-state index in [0.717, 1.165) is 27.8 Å². The van der Waals surface area contributed by atoms with E-state index in [-0.39, 0.29) is 11.4 Å². The SMILES string of the molecule is Ic1ccccc1.O=c1[nH]c2ccccc2[nH]1.O=c1[nH]c2ccccc2n1-c1ccccc1. The summed E-state index contributed by atoms with van der Waals surface area (Å²) in [4.78, 5) is 30.7. The first-order valence-corrected chi connectivity index (χ1v) is 11.3. The number of aromatic amines is 3. The van der Waals surface area contributed by atoms with Gasteiger partial charge in [-0.2, -0.15) is 0 Å². The molecule has 6 aromatic rings. The lowest BCUT2D eigenvalue weighted by Crippen LogP contribution is -2.14. The third kappa shape index (κ3) is 5.69. The Morgan fingerprint density at radius 2 is 1.03 bits per heavy atom. The third-order valence-corrected chi connectivity index (χ3v) is 5.48. The van der Waals surface area contributed by atoms with Gasteiger partial charge in [0.2, 0.25) is 0 Å². The number of nitrogens with one attached hydrogen (secondary N) is 3. The minimum atomic E-state index is -0.152. The molecule has 4 aromatic carbocycles. The molecule has 0 saturated carbocycles. The Balaban J connectivity index is 0.000000130. The molecule has 0 bridgehead atoms. The molecule has 0 saturated heterocycles. The van der Waals surface area contributed by atoms with Crippen LogP contribution in [0.4, 0.5) is 0 Å². The van der Waals surface area contributed by atoms with Crippen molar-refractivity contribution < 1.29 is 0 Å². The third-order valence-electron chi connectivity index (χ3n) is 4.76. The Morgan fingerprint density at radius 3 is 1.58 bits per heavy atom. The summed E-state index contributed by atoms with van der Waals surface area (Å²) < 4.78 is 2.97. The van der Waals surface area contributed by atoms with E-state index in [1.165, 1.54) is 3.57 Å². The van der Waals surface area contributed by atoms with Crippen LogP contribution in [0, 0.1) is 3.57 Å². The zero-order valence-electron chi connectivity index (χ0n) is 17.5. The lowest BCUT2D eigenvalue weighted by Gasteiger charge is -2.01. The Kier molecular flexibility index (Phi) is 7.21. The van der Waals surface area contributed by atoms with Crippen LogP contribution in [-0.2, 0) is 0 Å². The van der Waals surface area contributed by atoms with E-state index in [2.05, 4.69) is 49.7 Å². The van der Waals surface area contributed by atoms with Crippen LogP contribution >= 0.6 is 22.6 Å². The molecular weight excluding hydrogens is 527 g/mol. The van der Waals surface area contributed by atoms with E-state index in [0.29, 0.717) is 0 Å². The molecule has 0 radical (unpaired) electrons. The molecule has 6 nitrogen and oxygen atoms in total. The highest BCUT2D eigenvalue weighted by molar-refractivity contribution is 14.1. The van der Waals surface area contributed by atoms with Gasteiger partial charge in [0.25, 0.3) is 0 Å². The number of hydrogen-bond donors (Lipinski definition) is 3. The Labute approximate surface area is 203 Å². The monoisotopic (exact) mass is 548 g/mol. The predicted octanol–water partition coefficient (Wildman–Crippen LogP) is 5.47. The van der Waals surface area contributed by atoms with Crippen LogP contribution in [-0.4, -0.2) is 19.5 Å². The van der Waals surface area contributed by atoms with Gasteiger partial charge in [0.05, 0.1) is 27.8 Å². The first kappa shape index (κ1) is 22.3. The topological polar surface area (TPSA) is 86.4 Å². The molecule has 7 heteroatoms. The van der Waals surface area contributed by atoms with Gasteiger partial charge in [0.1, 0.15) is 0 Å². The number of imidazole rings is 2. The van der Waals surface area contributed by atoms with E-state index in [9.17, 15) is 9.59 Å². The lowest BCUT2D eigenvalue weighted by atomic mass is 10.3. The van der Waals surface area contributed by atoms with Crippen LogP contribution in [0.25, 0.3) is 27.8 Å². The largest absolute Gasteiger partial charge is 0.331 e. The summed E-state index contributed by atoms with van der Waals surface area (Å²) in [6.45, 7) is 0. The van der Waals surface area contributed by atoms with Crippen molar-refractivity contribution in [1.82, 2.24) is 19.5 Å². The first-order chi connectivity index (χ1) is 16.1. The fourth-order valence-corrected chi connectivity index (χ4v) is 3.70. The second-order valence-corrected chi connectivity index (χ2v) is 8.28. The van der Waals surface area contributed by atoms with Gasteiger partial charge in [-0.25, -0.2) is 9.59 Å². The van der Waals surface area contributed by atoms with E-state index >= 15 is 0 Å². The van der Waals surface area contributed by atoms with Crippen molar-refractivity contribution in [3.63, 3.8) is 0 Å². The number of aromatic nitrogens is 4. The summed E-state index contributed by atoms with van der Waals surface area (Å²) in [7, 11) is 0. The molecule has 0 atom stereocenters. The van der Waals surface area contributed by atoms with Crippen molar-refractivity contribution in [2.75, 3.05) is 0 Å². The van der Waals surface area contributed by atoms with Crippen LogP contribution < -0.4 is 11.4 Å². The second-order valence-electron chi connectivity index (χ2n) is 7.04. The highest BCUT2D eigenvalue weighted by Crippen LogP contribution is 2.14. The molecule has 2 aromatic heterocycles. The van der Waals surface area contributed by atoms with Crippen LogP contribution in [0.15, 0.2) is 119 Å². The molecule has 0 aliphatic carbocycles. The van der Waals surface area contributed by atoms with E-state index in [4.69, 9.17) is 0 Å². The molecule has 164 valence electrons. The van der Waals surface area contributed by atoms with Crippen molar-refractivity contribution in [2.24, 2.45) is 0 Å². The van der Waals surface area contributed by atoms with Gasteiger partial charge in [-0.1, -0.05) is 60.7 Å². The summed E-state index contributed by atoms with van der Waals surface area (Å²) in [5.74, 6) is 0. The highest BCUT2D eigenvalue weighted by atomic mass is 127. The van der Waals surface area contributed by atoms with Gasteiger partial charge < -0.3 is 15.0 Å². The van der Waals surface area contributed by atoms with Crippen LogP contribution in [0.3, 0.4) is 0 Å². The Bertz CT molecular complexity index is 1530. The van der Waals surface area contributed by atoms with Gasteiger partial charge >= 0.3 is 11.4 Å². The summed E-state index contributed by atoms with van der Waals surface area (Å²) in [6, 6.07) is 35.0. The van der Waals surface area contributed by atoms with Crippen molar-refractivity contribution >= 4 is 44.7 Å². The minimum Gasteiger partial charge on any atom is -0.306 e. The smallest absolute Gasteiger partial charge is 0.306 e. The zero-order chi connectivity index (χ0) is 23.0. The molecule has 33 heavy (non-hydrogen) atoms. The number of benzene rings is 4. The fourth-order valence-electron chi connectivity index (χ4n) is 3.28. The van der Waals surface area contributed by atoms with Gasteiger partial charge in [-0.05, 0) is 71.1 Å². The van der Waals surface area contributed by atoms with Crippen molar-refractivity contribution in [1.29, 1.82) is 0 Å². The maximum atomic E-state index is 11.8. The second kappa shape index (κ2) is 10.6. The maximum Gasteiger partial charge on any atom is 0.331 e. The molecule has 0 aliphatic rings. The molecule has 0 spiro atoms. The number of fused-ring (bicyclic) bond motifs is 2. The first-order valence-electron chi connectivity index (χ1n) is 10.2. The van der Waals surface area contributed by atoms with E-state index in [1.807, 2.05) is 97.1 Å². The fraction of sp³-hybridized carbons (Fsp3) is 0. The minimum absolute atomic E-state index is 0.104. The van der Waals surface area contributed by atoms with Gasteiger partial charge in [-0.3, -0.25) is 4.57 Å². The van der Waals surface area contributed by atoms with Gasteiger partial charge in [0.15, 0.2) is 0 Å². The average Bonchev–Trinajstić information content (AvgIpc) is 3.39. The lowest BCUT2D eigenvalue weighted by molar-refractivity contribution is 1.02. The summed E-state index contributed by atoms with van der Waals surface area (Å²) in [5.41, 5.74) is 4.09. The molecule has 3 N–H and O–H groups in total. The summed E-state index contributed by atoms with van der Waals surface area (Å²) in [6.07, 6.45) is 0. The standard InChI is InChI=1S/C13H10N2O.C7H6N2O.C6H5I/c16-13-14-11-8-4-5-9-12(11)15(13)10-6-2-1-3-7-10;10-7-8-5-3-1-2-4-6(5)9-7;7-6-4-2-1-3-5-6/h1-9H,(H,14,16);1-4H,(H2,8,9,10);1-5H. The molecule has 2 heterocycles. The maximum absolute atomic E-state index is 11.8. The van der Waals surface area contributed by atoms with Crippen molar-refractivity contribution in [2.45, 2.75) is 0 Å². The van der Waals surface area contributed by atoms with Crippen molar-refractivity contribution in [3.05, 3.63) is 134 Å². The molecule has 0 aliphatic heterocycles. The summed E-state index contributed by atoms with van der Waals surface area (Å²) in [5, 5.41) is 0. The van der Waals surface area contributed by atoms with Gasteiger partial charge in [0, 0.05) is 3.57 Å². The number of halogens is 1. The molecule has 0 amide bonds. The molecule has 6 rings (SSSR count). The number of H-pyrrole nitrogens is 3. The molecule has 0 fully saturated rings. The quantitative estimate of drug-likeness (QED) is 0.238. The number of rotatable bonds is 1. The van der Waals surface area contributed by atoms with E-state index in [1.54, 1.807) is 4.57 Å². The highest BCUT2D eigenvalue weighted by Gasteiger charge is 2.06. The van der Waals surface area contributed by atoms with Crippen LogP contribution in [0.2, 0.25) is 0 Å². The summed E-state index contributed by atoms with van der Waals surface area (Å²) >= 11 is 2.28. The normalized spacial score (nSPS) is 10.2. The van der Waals surface area contributed by atoms with E-state index < -0.39 is 0 Å². The zero-order valence-corrected chi connectivity index (χ0v) is 19.7.